The lowest BCUT2D eigenvalue weighted by molar-refractivity contribution is -0.160. The predicted octanol–water partition coefficient (Wildman–Crippen LogP) is 2.38. The molecule has 228 valence electrons. The number of nitrogens with zero attached hydrogens (tertiary/aromatic N) is 3. The molecule has 43 heavy (non-hydrogen) atoms. The number of nitrogen functional groups attached to an aromatic ring is 1. The highest BCUT2D eigenvalue weighted by Crippen LogP contribution is 2.41. The van der Waals surface area contributed by atoms with Crippen LogP contribution in [0.3, 0.4) is 0 Å². The number of fused-ring (bicyclic) bond motifs is 1. The number of anilines is 1. The quantitative estimate of drug-likeness (QED) is 0.162. The van der Waals surface area contributed by atoms with Crippen molar-refractivity contribution in [2.24, 2.45) is 5.16 Å². The third-order valence-electron chi connectivity index (χ3n) is 5.99. The molecule has 2 atom stereocenters. The number of thiazole rings is 1. The third-order valence-corrected chi connectivity index (χ3v) is 7.97. The number of ether oxygens (including phenoxy) is 3. The van der Waals surface area contributed by atoms with Crippen LogP contribution >= 0.6 is 23.1 Å². The Balaban J connectivity index is 1.45. The van der Waals surface area contributed by atoms with E-state index in [4.69, 9.17) is 24.8 Å². The summed E-state index contributed by atoms with van der Waals surface area (Å²) in [5.41, 5.74) is 6.16. The molecule has 0 aliphatic carbocycles. The van der Waals surface area contributed by atoms with E-state index in [-0.39, 0.29) is 28.8 Å². The van der Waals surface area contributed by atoms with E-state index in [9.17, 15) is 19.2 Å². The number of carbonyl (C=O) groups is 4. The van der Waals surface area contributed by atoms with E-state index < -0.39 is 47.4 Å². The van der Waals surface area contributed by atoms with E-state index in [0.29, 0.717) is 17.1 Å². The fourth-order valence-electron chi connectivity index (χ4n) is 4.06. The number of amides is 2. The zero-order chi connectivity index (χ0) is 31.3. The molecular formula is C28H31N5O8S2. The highest BCUT2D eigenvalue weighted by molar-refractivity contribution is 8.00. The first-order valence-electron chi connectivity index (χ1n) is 13.0. The maximum atomic E-state index is 13.3. The minimum Gasteiger partial charge on any atom is -0.497 e. The number of nitrogens with two attached hydrogens (primary N) is 1. The average Bonchev–Trinajstić information content (AvgIpc) is 3.40. The van der Waals surface area contributed by atoms with E-state index in [1.807, 2.05) is 0 Å². The van der Waals surface area contributed by atoms with Crippen LogP contribution in [0.1, 0.15) is 32.0 Å². The summed E-state index contributed by atoms with van der Waals surface area (Å²) in [7, 11) is 1.55. The van der Waals surface area contributed by atoms with Crippen LogP contribution < -0.4 is 15.8 Å². The fourth-order valence-corrected chi connectivity index (χ4v) is 5.95. The van der Waals surface area contributed by atoms with Gasteiger partial charge in [0.1, 0.15) is 40.8 Å². The predicted molar refractivity (Wildman–Crippen MR) is 160 cm³/mol. The highest BCUT2D eigenvalue weighted by atomic mass is 32.2. The van der Waals surface area contributed by atoms with Gasteiger partial charge < -0.3 is 30.1 Å². The van der Waals surface area contributed by atoms with Crippen molar-refractivity contribution in [1.29, 1.82) is 0 Å². The van der Waals surface area contributed by atoms with Gasteiger partial charge in [0.05, 0.1) is 7.11 Å². The van der Waals surface area contributed by atoms with Gasteiger partial charge in [-0.2, -0.15) is 0 Å². The Morgan fingerprint density at radius 1 is 1.26 bits per heavy atom. The average molecular weight is 630 g/mol. The lowest BCUT2D eigenvalue weighted by atomic mass is 10.0. The molecule has 13 nitrogen and oxygen atoms in total. The maximum absolute atomic E-state index is 13.3. The molecule has 2 aromatic rings. The van der Waals surface area contributed by atoms with Crippen molar-refractivity contribution in [3.8, 4) is 5.75 Å². The SMILES string of the molecule is C=CC1=C(C(=O)OCc2ccc(OC)cc2)N2C(=O)[C@@H](NC(=O)/C(=N/OCC(=O)OC(C)(C)C)c3csc(N)n3)[C@H]2SC1. The van der Waals surface area contributed by atoms with Gasteiger partial charge in [0, 0.05) is 11.1 Å². The number of nitrogens with one attached hydrogen (secondary N) is 1. The lowest BCUT2D eigenvalue weighted by Gasteiger charge is -2.49. The van der Waals surface area contributed by atoms with Crippen LogP contribution in [0.5, 0.6) is 5.75 Å². The van der Waals surface area contributed by atoms with Crippen LogP contribution in [0.25, 0.3) is 0 Å². The smallest absolute Gasteiger partial charge is 0.355 e. The van der Waals surface area contributed by atoms with Crippen molar-refractivity contribution in [2.75, 3.05) is 25.2 Å². The minimum atomic E-state index is -0.986. The fraction of sp³-hybridized carbons (Fsp3) is 0.357. The summed E-state index contributed by atoms with van der Waals surface area (Å²) in [4.78, 5) is 62.2. The molecule has 1 aromatic carbocycles. The lowest BCUT2D eigenvalue weighted by Crippen LogP contribution is -2.71. The molecule has 0 saturated carbocycles. The monoisotopic (exact) mass is 629 g/mol. The Labute approximate surface area is 256 Å². The van der Waals surface area contributed by atoms with Crippen molar-refractivity contribution in [3.63, 3.8) is 0 Å². The minimum absolute atomic E-state index is 0.0172. The topological polar surface area (TPSA) is 172 Å². The molecule has 3 N–H and O–H groups in total. The number of aromatic nitrogens is 1. The van der Waals surface area contributed by atoms with E-state index in [1.165, 1.54) is 28.1 Å². The largest absolute Gasteiger partial charge is 0.497 e. The van der Waals surface area contributed by atoms with Crippen LogP contribution in [0.2, 0.25) is 0 Å². The van der Waals surface area contributed by atoms with E-state index in [1.54, 1.807) is 52.1 Å². The molecule has 1 aromatic heterocycles. The van der Waals surface area contributed by atoms with Gasteiger partial charge in [0.25, 0.3) is 11.8 Å². The molecule has 2 aliphatic heterocycles. The highest BCUT2D eigenvalue weighted by Gasteiger charge is 2.54. The Morgan fingerprint density at radius 2 is 1.98 bits per heavy atom. The Kier molecular flexibility index (Phi) is 9.76. The molecule has 2 amide bonds. The molecule has 1 saturated heterocycles. The van der Waals surface area contributed by atoms with Gasteiger partial charge in [-0.25, -0.2) is 14.6 Å². The summed E-state index contributed by atoms with van der Waals surface area (Å²) in [6.45, 7) is 8.30. The number of oxime groups is 1. The van der Waals surface area contributed by atoms with Crippen molar-refractivity contribution in [3.05, 3.63) is 64.8 Å². The Morgan fingerprint density at radius 3 is 2.58 bits per heavy atom. The third kappa shape index (κ3) is 7.53. The number of rotatable bonds is 11. The van der Waals surface area contributed by atoms with E-state index in [2.05, 4.69) is 22.0 Å². The Hall–Kier alpha value is -4.37. The first-order valence-corrected chi connectivity index (χ1v) is 14.9. The number of hydrogen-bond acceptors (Lipinski definition) is 13. The van der Waals surface area contributed by atoms with Gasteiger partial charge in [-0.05, 0) is 44.0 Å². The van der Waals surface area contributed by atoms with Gasteiger partial charge in [-0.15, -0.1) is 23.1 Å². The van der Waals surface area contributed by atoms with Crippen LogP contribution in [0.15, 0.2) is 58.7 Å². The molecule has 15 heteroatoms. The summed E-state index contributed by atoms with van der Waals surface area (Å²) >= 11 is 2.42. The molecule has 0 spiro atoms. The number of methoxy groups -OCH3 is 1. The summed E-state index contributed by atoms with van der Waals surface area (Å²) in [6.07, 6.45) is 1.51. The zero-order valence-electron chi connectivity index (χ0n) is 23.9. The van der Waals surface area contributed by atoms with Gasteiger partial charge in [0.15, 0.2) is 10.8 Å². The number of esters is 2. The Bertz CT molecular complexity index is 1480. The second kappa shape index (κ2) is 13.3. The second-order valence-electron chi connectivity index (χ2n) is 10.2. The number of hydrogen-bond donors (Lipinski definition) is 2. The van der Waals surface area contributed by atoms with Crippen LogP contribution in [-0.4, -0.2) is 75.8 Å². The van der Waals surface area contributed by atoms with Crippen LogP contribution in [0.4, 0.5) is 5.13 Å². The molecule has 2 aliphatic rings. The number of benzene rings is 1. The summed E-state index contributed by atoms with van der Waals surface area (Å²) in [5, 5.41) is 7.53. The van der Waals surface area contributed by atoms with Crippen LogP contribution in [-0.2, 0) is 40.1 Å². The standard InChI is InChI=1S/C28H31N5O8S2/c1-6-16-13-42-25-21(24(36)33(25)22(16)26(37)39-11-15-7-9-17(38-5)10-8-15)31-23(35)20(18-14-43-27(29)30-18)32-40-12-19(34)41-28(2,3)4/h6-10,14,21,25H,1,11-13H2,2-5H3,(H2,29,30)(H,31,35)/b32-20+/t21-,25-/m1/s1. The van der Waals surface area contributed by atoms with Crippen molar-refractivity contribution in [2.45, 2.75) is 44.4 Å². The first kappa shape index (κ1) is 31.6. The zero-order valence-corrected chi connectivity index (χ0v) is 25.6. The van der Waals surface area contributed by atoms with Crippen molar-refractivity contribution >= 4 is 57.7 Å². The molecule has 4 rings (SSSR count). The molecule has 0 bridgehead atoms. The summed E-state index contributed by atoms with van der Waals surface area (Å²) in [6, 6.07) is 6.04. The van der Waals surface area contributed by atoms with E-state index >= 15 is 0 Å². The van der Waals surface area contributed by atoms with E-state index in [0.717, 1.165) is 16.9 Å². The first-order chi connectivity index (χ1) is 20.4. The molecule has 1 fully saturated rings. The molecular weight excluding hydrogens is 598 g/mol. The second-order valence-corrected chi connectivity index (χ2v) is 12.2. The van der Waals surface area contributed by atoms with Gasteiger partial charge in [-0.3, -0.25) is 14.5 Å². The van der Waals surface area contributed by atoms with Crippen molar-refractivity contribution in [1.82, 2.24) is 15.2 Å². The van der Waals surface area contributed by atoms with Gasteiger partial charge in [-0.1, -0.05) is 29.9 Å². The number of thioether (sulfide) groups is 1. The summed E-state index contributed by atoms with van der Waals surface area (Å²) < 4.78 is 15.8. The van der Waals surface area contributed by atoms with Gasteiger partial charge in [0.2, 0.25) is 6.61 Å². The van der Waals surface area contributed by atoms with Crippen molar-refractivity contribution < 1.29 is 38.2 Å². The maximum Gasteiger partial charge on any atom is 0.355 e. The number of β-lactam (4-membered cyclic amide) rings is 1. The molecule has 0 radical (unpaired) electrons. The van der Waals surface area contributed by atoms with Gasteiger partial charge >= 0.3 is 11.9 Å². The number of carbonyl (C=O) groups excluding carboxylic acids is 4. The molecule has 0 unspecified atom stereocenters. The van der Waals surface area contributed by atoms with Crippen LogP contribution in [0, 0.1) is 0 Å². The molecule has 3 heterocycles. The normalized spacial score (nSPS) is 18.3. The number of allylic oxidation sites excluding steroid dienone is 1. The summed E-state index contributed by atoms with van der Waals surface area (Å²) in [5.74, 6) is -1.65.